The highest BCUT2D eigenvalue weighted by Crippen LogP contribution is 2.02. The molecule has 0 aliphatic carbocycles. The molecule has 1 aromatic heterocycles. The van der Waals surface area contributed by atoms with Crippen LogP contribution in [0.1, 0.15) is 6.42 Å². The van der Waals surface area contributed by atoms with E-state index in [9.17, 15) is 4.79 Å². The van der Waals surface area contributed by atoms with E-state index in [1.807, 2.05) is 0 Å². The number of aromatic nitrogens is 2. The van der Waals surface area contributed by atoms with Gasteiger partial charge in [-0.2, -0.15) is 0 Å². The molecule has 0 bridgehead atoms. The van der Waals surface area contributed by atoms with Gasteiger partial charge in [-0.3, -0.25) is 4.79 Å². The van der Waals surface area contributed by atoms with Crippen LogP contribution in [0.4, 0.5) is 11.6 Å². The van der Waals surface area contributed by atoms with Crippen LogP contribution < -0.4 is 11.1 Å². The Morgan fingerprint density at radius 3 is 2.93 bits per heavy atom. The van der Waals surface area contributed by atoms with Crippen molar-refractivity contribution >= 4 is 17.6 Å². The molecule has 0 spiro atoms. The summed E-state index contributed by atoms with van der Waals surface area (Å²) in [5, 5.41) is 10.3. The fraction of sp³-hybridized carbons (Fsp3) is 0.375. The molecular weight excluding hydrogens is 184 g/mol. The molecule has 0 atom stereocenters. The summed E-state index contributed by atoms with van der Waals surface area (Å²) in [6.07, 6.45) is 0.294. The molecule has 0 saturated heterocycles. The van der Waals surface area contributed by atoms with Gasteiger partial charge >= 0.3 is 5.97 Å². The smallest absolute Gasteiger partial charge is 0.307 e. The lowest BCUT2D eigenvalue weighted by atomic mass is 10.4. The average Bonchev–Trinajstić information content (AvgIpc) is 2.21. The lowest BCUT2D eigenvalue weighted by Gasteiger charge is -2.03. The summed E-state index contributed by atoms with van der Waals surface area (Å²) in [4.78, 5) is 10.7. The minimum Gasteiger partial charge on any atom is -0.469 e. The third-order valence-electron chi connectivity index (χ3n) is 1.55. The molecule has 0 aromatic carbocycles. The Kier molecular flexibility index (Phi) is 3.66. The van der Waals surface area contributed by atoms with Gasteiger partial charge in [0.1, 0.15) is 11.6 Å². The molecule has 1 rings (SSSR count). The van der Waals surface area contributed by atoms with Crippen molar-refractivity contribution in [3.05, 3.63) is 12.1 Å². The Labute approximate surface area is 81.5 Å². The molecule has 6 heteroatoms. The topological polar surface area (TPSA) is 90.1 Å². The van der Waals surface area contributed by atoms with Crippen LogP contribution in [0, 0.1) is 0 Å². The van der Waals surface area contributed by atoms with Crippen LogP contribution in [0.5, 0.6) is 0 Å². The summed E-state index contributed by atoms with van der Waals surface area (Å²) in [5.41, 5.74) is 5.35. The van der Waals surface area contributed by atoms with Crippen LogP contribution in [-0.4, -0.2) is 29.8 Å². The van der Waals surface area contributed by atoms with Gasteiger partial charge in [0.15, 0.2) is 0 Å². The van der Waals surface area contributed by atoms with Crippen molar-refractivity contribution in [3.63, 3.8) is 0 Å². The van der Waals surface area contributed by atoms with Gasteiger partial charge in [-0.15, -0.1) is 10.2 Å². The molecule has 0 aliphatic heterocycles. The first-order valence-electron chi connectivity index (χ1n) is 4.12. The molecule has 0 radical (unpaired) electrons. The van der Waals surface area contributed by atoms with Gasteiger partial charge in [-0.1, -0.05) is 0 Å². The van der Waals surface area contributed by atoms with Gasteiger partial charge in [0.05, 0.1) is 13.5 Å². The Bertz CT molecular complexity index is 299. The van der Waals surface area contributed by atoms with Crippen LogP contribution >= 0.6 is 0 Å². The standard InChI is InChI=1S/C8H12N4O2/c1-14-8(13)4-5-10-7-3-2-6(9)11-12-7/h2-3H,4-5H2,1H3,(H2,9,11)(H,10,12). The van der Waals surface area contributed by atoms with Crippen LogP contribution in [-0.2, 0) is 9.53 Å². The van der Waals surface area contributed by atoms with Crippen LogP contribution in [0.15, 0.2) is 12.1 Å². The number of carbonyl (C=O) groups excluding carboxylic acids is 1. The van der Waals surface area contributed by atoms with Crippen molar-refractivity contribution in [1.82, 2.24) is 10.2 Å². The Balaban J connectivity index is 2.31. The lowest BCUT2D eigenvalue weighted by Crippen LogP contribution is -2.10. The van der Waals surface area contributed by atoms with E-state index in [0.717, 1.165) is 0 Å². The number of anilines is 2. The number of esters is 1. The summed E-state index contributed by atoms with van der Waals surface area (Å²) in [7, 11) is 1.35. The Morgan fingerprint density at radius 1 is 1.57 bits per heavy atom. The van der Waals surface area contributed by atoms with Gasteiger partial charge in [0.25, 0.3) is 0 Å². The molecular formula is C8H12N4O2. The van der Waals surface area contributed by atoms with E-state index >= 15 is 0 Å². The highest BCUT2D eigenvalue weighted by atomic mass is 16.5. The van der Waals surface area contributed by atoms with Crippen molar-refractivity contribution < 1.29 is 9.53 Å². The molecule has 6 nitrogen and oxygen atoms in total. The van der Waals surface area contributed by atoms with Crippen LogP contribution in [0.25, 0.3) is 0 Å². The zero-order chi connectivity index (χ0) is 10.4. The molecule has 14 heavy (non-hydrogen) atoms. The van der Waals surface area contributed by atoms with Gasteiger partial charge < -0.3 is 15.8 Å². The minimum atomic E-state index is -0.263. The van der Waals surface area contributed by atoms with E-state index in [-0.39, 0.29) is 5.97 Å². The lowest BCUT2D eigenvalue weighted by molar-refractivity contribution is -0.140. The van der Waals surface area contributed by atoms with Crippen molar-refractivity contribution in [3.8, 4) is 0 Å². The van der Waals surface area contributed by atoms with Gasteiger partial charge in [0.2, 0.25) is 0 Å². The minimum absolute atomic E-state index is 0.263. The maximum atomic E-state index is 10.7. The predicted octanol–water partition coefficient (Wildman–Crippen LogP) is 0.0338. The highest BCUT2D eigenvalue weighted by Gasteiger charge is 1.99. The molecule has 1 aromatic rings. The third kappa shape index (κ3) is 3.26. The quantitative estimate of drug-likeness (QED) is 0.660. The van der Waals surface area contributed by atoms with Gasteiger partial charge in [0, 0.05) is 6.54 Å². The number of nitrogens with zero attached hydrogens (tertiary/aromatic N) is 2. The molecule has 0 saturated carbocycles. The van der Waals surface area contributed by atoms with E-state index < -0.39 is 0 Å². The summed E-state index contributed by atoms with van der Waals surface area (Å²) in [5.74, 6) is 0.688. The number of nitrogens with two attached hydrogens (primary N) is 1. The molecule has 0 aliphatic rings. The van der Waals surface area contributed by atoms with E-state index in [2.05, 4.69) is 20.3 Å². The van der Waals surface area contributed by atoms with Crippen LogP contribution in [0.2, 0.25) is 0 Å². The summed E-state index contributed by atoms with van der Waals surface area (Å²) >= 11 is 0. The number of nitrogen functional groups attached to an aromatic ring is 1. The molecule has 0 amide bonds. The maximum Gasteiger partial charge on any atom is 0.307 e. The zero-order valence-corrected chi connectivity index (χ0v) is 7.86. The number of hydrogen-bond donors (Lipinski definition) is 2. The largest absolute Gasteiger partial charge is 0.469 e. The van der Waals surface area contributed by atoms with Crippen molar-refractivity contribution in [2.75, 3.05) is 24.7 Å². The average molecular weight is 196 g/mol. The Hall–Kier alpha value is -1.85. The number of ether oxygens (including phenoxy) is 1. The van der Waals surface area contributed by atoms with Crippen LogP contribution in [0.3, 0.4) is 0 Å². The number of nitrogens with one attached hydrogen (secondary N) is 1. The monoisotopic (exact) mass is 196 g/mol. The zero-order valence-electron chi connectivity index (χ0n) is 7.86. The van der Waals surface area contributed by atoms with E-state index in [4.69, 9.17) is 5.73 Å². The first-order valence-corrected chi connectivity index (χ1v) is 4.12. The second-order valence-electron chi connectivity index (χ2n) is 2.60. The molecule has 0 unspecified atom stereocenters. The first-order chi connectivity index (χ1) is 6.72. The summed E-state index contributed by atoms with van der Waals surface area (Å²) < 4.78 is 4.47. The molecule has 0 fully saturated rings. The predicted molar refractivity (Wildman–Crippen MR) is 51.6 cm³/mol. The SMILES string of the molecule is COC(=O)CCNc1ccc(N)nn1. The summed E-state index contributed by atoms with van der Waals surface area (Å²) in [6, 6.07) is 3.33. The van der Waals surface area contributed by atoms with Gasteiger partial charge in [-0.05, 0) is 12.1 Å². The second-order valence-corrected chi connectivity index (χ2v) is 2.60. The fourth-order valence-electron chi connectivity index (χ4n) is 0.832. The maximum absolute atomic E-state index is 10.7. The summed E-state index contributed by atoms with van der Waals surface area (Å²) in [6.45, 7) is 0.464. The fourth-order valence-corrected chi connectivity index (χ4v) is 0.832. The van der Waals surface area contributed by atoms with E-state index in [1.165, 1.54) is 7.11 Å². The first kappa shape index (κ1) is 10.2. The van der Waals surface area contributed by atoms with Crippen molar-refractivity contribution in [2.24, 2.45) is 0 Å². The Morgan fingerprint density at radius 2 is 2.36 bits per heavy atom. The van der Waals surface area contributed by atoms with E-state index in [0.29, 0.717) is 24.6 Å². The molecule has 3 N–H and O–H groups in total. The number of carbonyl (C=O) groups is 1. The third-order valence-corrected chi connectivity index (χ3v) is 1.55. The van der Waals surface area contributed by atoms with Crippen molar-refractivity contribution in [1.29, 1.82) is 0 Å². The van der Waals surface area contributed by atoms with Gasteiger partial charge in [-0.25, -0.2) is 0 Å². The van der Waals surface area contributed by atoms with E-state index in [1.54, 1.807) is 12.1 Å². The number of hydrogen-bond acceptors (Lipinski definition) is 6. The second kappa shape index (κ2) is 5.00. The number of rotatable bonds is 4. The number of methoxy groups -OCH3 is 1. The molecule has 76 valence electrons. The normalized spacial score (nSPS) is 9.50. The van der Waals surface area contributed by atoms with Crippen molar-refractivity contribution in [2.45, 2.75) is 6.42 Å². The molecule has 1 heterocycles. The highest BCUT2D eigenvalue weighted by molar-refractivity contribution is 5.69.